The largest absolute Gasteiger partial charge is 0.460 e. The summed E-state index contributed by atoms with van der Waals surface area (Å²) < 4.78 is 22.0. The highest BCUT2D eigenvalue weighted by Crippen LogP contribution is 2.27. The Morgan fingerprint density at radius 1 is 1.09 bits per heavy atom. The van der Waals surface area contributed by atoms with E-state index in [2.05, 4.69) is 35.4 Å². The van der Waals surface area contributed by atoms with Gasteiger partial charge in [-0.2, -0.15) is 0 Å². The van der Waals surface area contributed by atoms with Crippen molar-refractivity contribution in [3.63, 3.8) is 0 Å². The molecule has 0 bridgehead atoms. The number of hydrogen-bond acceptors (Lipinski definition) is 12. The fourth-order valence-corrected chi connectivity index (χ4v) is 6.04. The maximum atomic E-state index is 13.3. The summed E-state index contributed by atoms with van der Waals surface area (Å²) in [6.45, 7) is 5.54. The van der Waals surface area contributed by atoms with Gasteiger partial charge in [-0.1, -0.05) is 6.07 Å². The van der Waals surface area contributed by atoms with Crippen molar-refractivity contribution in [1.82, 2.24) is 25.2 Å². The highest BCUT2D eigenvalue weighted by atomic mass is 32.1. The monoisotopic (exact) mass is 625 g/mol. The van der Waals surface area contributed by atoms with E-state index in [9.17, 15) is 9.59 Å². The normalized spacial score (nSPS) is 17.8. The van der Waals surface area contributed by atoms with E-state index in [1.54, 1.807) is 44.1 Å². The smallest absolute Gasteiger partial charge is 0.316 e. The Kier molecular flexibility index (Phi) is 11.4. The quantitative estimate of drug-likeness (QED) is 0.271. The average molecular weight is 626 g/mol. The van der Waals surface area contributed by atoms with Crippen LogP contribution in [0.15, 0.2) is 42.0 Å². The molecule has 2 amide bonds. The standard InChI is InChI=1S/C30H39N7O6S/c1-40-14-10-31-27(38)24-16-21(17-36-13-15-42-23(18-36)19-41-2)4-5-25(24)34-28(39)26-20-44-30(35-26)37-11-6-22(7-12-37)43-29-32-8-3-9-33-29/h3-5,8-9,16,20,22-23H,6-7,10-15,17-19H2,1-2H3,(H,31,38)(H,34,39)/t23-/m1/s1. The molecule has 0 spiro atoms. The summed E-state index contributed by atoms with van der Waals surface area (Å²) in [5.74, 6) is -0.662. The summed E-state index contributed by atoms with van der Waals surface area (Å²) in [7, 11) is 3.24. The van der Waals surface area contributed by atoms with Crippen LogP contribution in [0.4, 0.5) is 10.8 Å². The number of ether oxygens (including phenoxy) is 4. The number of hydrogen-bond donors (Lipinski definition) is 2. The van der Waals surface area contributed by atoms with Crippen LogP contribution < -0.4 is 20.3 Å². The van der Waals surface area contributed by atoms with Gasteiger partial charge in [-0.3, -0.25) is 14.5 Å². The van der Waals surface area contributed by atoms with Crippen LogP contribution in [-0.2, 0) is 20.8 Å². The highest BCUT2D eigenvalue weighted by molar-refractivity contribution is 7.14. The van der Waals surface area contributed by atoms with E-state index in [1.807, 2.05) is 12.1 Å². The summed E-state index contributed by atoms with van der Waals surface area (Å²) in [5, 5.41) is 8.30. The minimum Gasteiger partial charge on any atom is -0.460 e. The first-order valence-electron chi connectivity index (χ1n) is 14.7. The number of nitrogens with zero attached hydrogens (tertiary/aromatic N) is 5. The van der Waals surface area contributed by atoms with Gasteiger partial charge >= 0.3 is 6.01 Å². The van der Waals surface area contributed by atoms with Crippen molar-refractivity contribution < 1.29 is 28.5 Å². The molecule has 2 aromatic heterocycles. The van der Waals surface area contributed by atoms with Crippen LogP contribution in [0, 0.1) is 0 Å². The molecule has 4 heterocycles. The minimum atomic E-state index is -0.374. The predicted octanol–water partition coefficient (Wildman–Crippen LogP) is 2.46. The maximum Gasteiger partial charge on any atom is 0.316 e. The van der Waals surface area contributed by atoms with E-state index in [-0.39, 0.29) is 24.0 Å². The van der Waals surface area contributed by atoms with Crippen LogP contribution in [0.3, 0.4) is 0 Å². The van der Waals surface area contributed by atoms with Gasteiger partial charge in [-0.05, 0) is 23.8 Å². The number of nitrogens with one attached hydrogen (secondary N) is 2. The molecule has 2 saturated heterocycles. The van der Waals surface area contributed by atoms with Gasteiger partial charge in [0.2, 0.25) is 0 Å². The lowest BCUT2D eigenvalue weighted by atomic mass is 10.1. The molecule has 3 aromatic rings. The lowest BCUT2D eigenvalue weighted by Crippen LogP contribution is -2.43. The van der Waals surface area contributed by atoms with E-state index < -0.39 is 0 Å². The summed E-state index contributed by atoms with van der Waals surface area (Å²) >= 11 is 1.42. The molecule has 236 valence electrons. The van der Waals surface area contributed by atoms with Crippen molar-refractivity contribution in [2.45, 2.75) is 31.6 Å². The topological polar surface area (TPSA) is 140 Å². The van der Waals surface area contributed by atoms with Crippen LogP contribution in [0.5, 0.6) is 6.01 Å². The van der Waals surface area contributed by atoms with Gasteiger partial charge in [-0.15, -0.1) is 11.3 Å². The van der Waals surface area contributed by atoms with Gasteiger partial charge in [-0.25, -0.2) is 15.0 Å². The van der Waals surface area contributed by atoms with Gasteiger partial charge in [0.15, 0.2) is 5.13 Å². The van der Waals surface area contributed by atoms with E-state index >= 15 is 0 Å². The van der Waals surface area contributed by atoms with Gasteiger partial charge < -0.3 is 34.5 Å². The summed E-state index contributed by atoms with van der Waals surface area (Å²) in [5.41, 5.74) is 2.06. The molecule has 13 nitrogen and oxygen atoms in total. The minimum absolute atomic E-state index is 0.00992. The molecular formula is C30H39N7O6S. The van der Waals surface area contributed by atoms with Crippen molar-refractivity contribution in [2.75, 3.05) is 77.0 Å². The Balaban J connectivity index is 1.22. The third kappa shape index (κ3) is 8.70. The molecule has 2 aliphatic heterocycles. The number of carbonyl (C=O) groups excluding carboxylic acids is 2. The fraction of sp³-hybridized carbons (Fsp3) is 0.500. The van der Waals surface area contributed by atoms with Crippen LogP contribution >= 0.6 is 11.3 Å². The number of carbonyl (C=O) groups is 2. The Morgan fingerprint density at radius 3 is 2.68 bits per heavy atom. The van der Waals surface area contributed by atoms with Crippen LogP contribution in [0.2, 0.25) is 0 Å². The van der Waals surface area contributed by atoms with Crippen molar-refractivity contribution >= 4 is 34.0 Å². The van der Waals surface area contributed by atoms with Crippen LogP contribution in [-0.4, -0.2) is 111 Å². The van der Waals surface area contributed by atoms with Crippen molar-refractivity contribution in [3.8, 4) is 6.01 Å². The first-order chi connectivity index (χ1) is 21.5. The molecule has 2 fully saturated rings. The number of methoxy groups -OCH3 is 2. The molecule has 5 rings (SSSR count). The average Bonchev–Trinajstić information content (AvgIpc) is 3.54. The van der Waals surface area contributed by atoms with Gasteiger partial charge in [0.25, 0.3) is 11.8 Å². The molecule has 0 saturated carbocycles. The molecule has 0 aliphatic carbocycles. The molecule has 1 atom stereocenters. The zero-order valence-electron chi connectivity index (χ0n) is 25.1. The number of amides is 2. The number of piperidine rings is 1. The summed E-state index contributed by atoms with van der Waals surface area (Å²) in [4.78, 5) is 43.8. The predicted molar refractivity (Wildman–Crippen MR) is 166 cm³/mol. The van der Waals surface area contributed by atoms with Gasteiger partial charge in [0.05, 0.1) is 37.2 Å². The van der Waals surface area contributed by atoms with E-state index in [4.69, 9.17) is 18.9 Å². The molecule has 14 heteroatoms. The first kappa shape index (κ1) is 31.7. The summed E-state index contributed by atoms with van der Waals surface area (Å²) in [6, 6.07) is 7.68. The lowest BCUT2D eigenvalue weighted by molar-refractivity contribution is -0.0631. The molecule has 0 unspecified atom stereocenters. The zero-order chi connectivity index (χ0) is 30.7. The van der Waals surface area contributed by atoms with Crippen LogP contribution in [0.1, 0.15) is 39.3 Å². The summed E-state index contributed by atoms with van der Waals surface area (Å²) in [6.07, 6.45) is 4.96. The third-order valence-corrected chi connectivity index (χ3v) is 8.30. The van der Waals surface area contributed by atoms with E-state index in [0.717, 1.165) is 49.7 Å². The molecule has 2 aliphatic rings. The Labute approximate surface area is 260 Å². The zero-order valence-corrected chi connectivity index (χ0v) is 25.9. The number of thiazole rings is 1. The van der Waals surface area contributed by atoms with Crippen molar-refractivity contribution in [3.05, 3.63) is 58.9 Å². The molecule has 0 radical (unpaired) electrons. The number of anilines is 2. The Morgan fingerprint density at radius 2 is 1.91 bits per heavy atom. The highest BCUT2D eigenvalue weighted by Gasteiger charge is 2.25. The maximum absolute atomic E-state index is 13.3. The third-order valence-electron chi connectivity index (χ3n) is 7.40. The second-order valence-electron chi connectivity index (χ2n) is 10.6. The lowest BCUT2D eigenvalue weighted by Gasteiger charge is -2.32. The molecular weight excluding hydrogens is 586 g/mol. The first-order valence-corrected chi connectivity index (χ1v) is 15.6. The fourth-order valence-electron chi connectivity index (χ4n) is 5.18. The van der Waals surface area contributed by atoms with E-state index in [0.29, 0.717) is 55.9 Å². The number of morpholine rings is 1. The number of rotatable bonds is 13. The Hall–Kier alpha value is -3.69. The van der Waals surface area contributed by atoms with Gasteiger partial charge in [0.1, 0.15) is 11.8 Å². The number of aromatic nitrogens is 3. The van der Waals surface area contributed by atoms with Crippen molar-refractivity contribution in [1.29, 1.82) is 0 Å². The van der Waals surface area contributed by atoms with Crippen molar-refractivity contribution in [2.24, 2.45) is 0 Å². The second-order valence-corrected chi connectivity index (χ2v) is 11.5. The molecule has 2 N–H and O–H groups in total. The van der Waals surface area contributed by atoms with Gasteiger partial charge in [0, 0.05) is 84.1 Å². The Bertz CT molecular complexity index is 1370. The van der Waals surface area contributed by atoms with Crippen LogP contribution in [0.25, 0.3) is 0 Å². The second kappa shape index (κ2) is 15.9. The SMILES string of the molecule is COCCNC(=O)c1cc(CN2CCO[C@@H](COC)C2)ccc1NC(=O)c1csc(N2CCC(Oc3ncccn3)CC2)n1. The molecule has 44 heavy (non-hydrogen) atoms. The molecule has 1 aromatic carbocycles. The van der Waals surface area contributed by atoms with E-state index in [1.165, 1.54) is 11.3 Å². The number of benzene rings is 1.